The first-order valence-electron chi connectivity index (χ1n) is 13.4. The van der Waals surface area contributed by atoms with Crippen molar-refractivity contribution < 1.29 is 31.5 Å². The molecule has 222 valence electrons. The van der Waals surface area contributed by atoms with Crippen LogP contribution in [0.3, 0.4) is 0 Å². The number of amides is 2. The smallest absolute Gasteiger partial charge is 0.262 e. The average Bonchev–Trinajstić information content (AvgIpc) is 3.02. The van der Waals surface area contributed by atoms with Crippen LogP contribution in [0.5, 0.6) is 11.5 Å². The molecule has 0 bridgehead atoms. The summed E-state index contributed by atoms with van der Waals surface area (Å²) in [6.45, 7) is 2.24. The molecule has 0 atom stereocenters. The lowest BCUT2D eigenvalue weighted by molar-refractivity contribution is -0.130. The Kier molecular flexibility index (Phi) is 8.86. The fourth-order valence-electron chi connectivity index (χ4n) is 4.51. The third-order valence-electron chi connectivity index (χ3n) is 6.81. The van der Waals surface area contributed by atoms with Crippen LogP contribution >= 0.6 is 0 Å². The van der Waals surface area contributed by atoms with Gasteiger partial charge in [-0.15, -0.1) is 0 Å². The third kappa shape index (κ3) is 7.46. The highest BCUT2D eigenvalue weighted by Gasteiger charge is 2.22. The van der Waals surface area contributed by atoms with E-state index in [1.165, 1.54) is 54.6 Å². The number of rotatable bonds is 9. The van der Waals surface area contributed by atoms with E-state index >= 15 is 0 Å². The van der Waals surface area contributed by atoms with Crippen molar-refractivity contribution in [2.45, 2.75) is 4.90 Å². The summed E-state index contributed by atoms with van der Waals surface area (Å²) in [7, 11) is -4.21. The van der Waals surface area contributed by atoms with Crippen molar-refractivity contribution in [1.82, 2.24) is 10.2 Å². The average molecular weight is 607 g/mol. The van der Waals surface area contributed by atoms with Crippen molar-refractivity contribution >= 4 is 33.2 Å². The number of carbonyl (C=O) groups is 2. The molecule has 1 aliphatic heterocycles. The first-order chi connectivity index (χ1) is 20.7. The molecule has 0 saturated carbocycles. The van der Waals surface area contributed by atoms with Crippen molar-refractivity contribution in [1.29, 1.82) is 0 Å². The quantitative estimate of drug-likeness (QED) is 0.288. The molecule has 1 aliphatic rings. The van der Waals surface area contributed by atoms with E-state index < -0.39 is 27.6 Å². The van der Waals surface area contributed by atoms with Crippen LogP contribution in [0.15, 0.2) is 102 Å². The molecule has 0 unspecified atom stereocenters. The highest BCUT2D eigenvalue weighted by Crippen LogP contribution is 2.32. The Bertz CT molecular complexity index is 1690. The number of nitrogens with zero attached hydrogens (tertiary/aromatic N) is 2. The molecule has 1 fully saturated rings. The first-order valence-corrected chi connectivity index (χ1v) is 14.9. The maximum Gasteiger partial charge on any atom is 0.262 e. The lowest BCUT2D eigenvalue weighted by Gasteiger charge is -2.36. The molecule has 4 aromatic rings. The molecule has 0 spiro atoms. The van der Waals surface area contributed by atoms with Gasteiger partial charge in [-0.05, 0) is 72.8 Å². The van der Waals surface area contributed by atoms with E-state index in [4.69, 9.17) is 4.74 Å². The topological polar surface area (TPSA) is 108 Å². The standard InChI is InChI=1S/C31H28F2N4O5S/c32-23-8-11-26(12-9-23)42-29-15-10-24(33)20-28(29)35-43(40,41)27-13-6-22(7-14-27)31(39)34-21-30(38)37-18-16-36(17-19-37)25-4-2-1-3-5-25/h1-15,20,35H,16-19,21H2,(H,34,39). The molecule has 9 nitrogen and oxygen atoms in total. The van der Waals surface area contributed by atoms with Gasteiger partial charge in [0.05, 0.1) is 17.1 Å². The Balaban J connectivity index is 1.17. The predicted molar refractivity (Wildman–Crippen MR) is 158 cm³/mol. The molecule has 4 aromatic carbocycles. The Labute approximate surface area is 247 Å². The molecule has 43 heavy (non-hydrogen) atoms. The number of benzene rings is 4. The fraction of sp³-hybridized carbons (Fsp3) is 0.161. The van der Waals surface area contributed by atoms with Gasteiger partial charge in [-0.25, -0.2) is 17.2 Å². The highest BCUT2D eigenvalue weighted by atomic mass is 32.2. The summed E-state index contributed by atoms with van der Waals surface area (Å²) in [6.07, 6.45) is 0. The Morgan fingerprint density at radius 3 is 2.12 bits per heavy atom. The Morgan fingerprint density at radius 2 is 1.44 bits per heavy atom. The molecular weight excluding hydrogens is 578 g/mol. The lowest BCUT2D eigenvalue weighted by atomic mass is 10.2. The second-order valence-corrected chi connectivity index (χ2v) is 11.4. The van der Waals surface area contributed by atoms with Crippen molar-refractivity contribution in [2.75, 3.05) is 42.3 Å². The van der Waals surface area contributed by atoms with E-state index in [1.54, 1.807) is 4.90 Å². The number of hydrogen-bond acceptors (Lipinski definition) is 6. The minimum absolute atomic E-state index is 0.00118. The van der Waals surface area contributed by atoms with Crippen LogP contribution in [0, 0.1) is 11.6 Å². The van der Waals surface area contributed by atoms with Crippen LogP contribution in [-0.2, 0) is 14.8 Å². The predicted octanol–water partition coefficient (Wildman–Crippen LogP) is 4.64. The van der Waals surface area contributed by atoms with Gasteiger partial charge in [0, 0.05) is 43.5 Å². The number of carbonyl (C=O) groups excluding carboxylic acids is 2. The van der Waals surface area contributed by atoms with E-state index in [2.05, 4.69) is 14.9 Å². The Morgan fingerprint density at radius 1 is 0.791 bits per heavy atom. The molecule has 2 amide bonds. The zero-order valence-corrected chi connectivity index (χ0v) is 23.7. The van der Waals surface area contributed by atoms with E-state index in [0.29, 0.717) is 26.2 Å². The summed E-state index contributed by atoms with van der Waals surface area (Å²) in [5, 5.41) is 2.59. The summed E-state index contributed by atoms with van der Waals surface area (Å²) < 4.78 is 61.2. The first kappa shape index (κ1) is 29.5. The van der Waals surface area contributed by atoms with Crippen molar-refractivity contribution in [2.24, 2.45) is 0 Å². The molecule has 0 aromatic heterocycles. The van der Waals surface area contributed by atoms with Gasteiger partial charge in [0.15, 0.2) is 5.75 Å². The van der Waals surface area contributed by atoms with Crippen LogP contribution < -0.4 is 19.7 Å². The summed E-state index contributed by atoms with van der Waals surface area (Å²) >= 11 is 0. The molecule has 2 N–H and O–H groups in total. The largest absolute Gasteiger partial charge is 0.455 e. The molecule has 0 radical (unpaired) electrons. The van der Waals surface area contributed by atoms with E-state index in [1.807, 2.05) is 30.3 Å². The molecule has 1 saturated heterocycles. The number of para-hydroxylation sites is 1. The van der Waals surface area contributed by atoms with Gasteiger partial charge >= 0.3 is 0 Å². The molecule has 5 rings (SSSR count). The van der Waals surface area contributed by atoms with E-state index in [-0.39, 0.29) is 40.1 Å². The van der Waals surface area contributed by atoms with Gasteiger partial charge in [0.2, 0.25) is 5.91 Å². The minimum Gasteiger partial charge on any atom is -0.455 e. The maximum atomic E-state index is 14.0. The van der Waals surface area contributed by atoms with Crippen LogP contribution in [0.1, 0.15) is 10.4 Å². The van der Waals surface area contributed by atoms with Gasteiger partial charge in [0.25, 0.3) is 15.9 Å². The van der Waals surface area contributed by atoms with E-state index in [9.17, 15) is 26.8 Å². The fourth-order valence-corrected chi connectivity index (χ4v) is 5.57. The summed E-state index contributed by atoms with van der Waals surface area (Å²) in [6, 6.07) is 23.3. The zero-order chi connectivity index (χ0) is 30.4. The summed E-state index contributed by atoms with van der Waals surface area (Å²) in [4.78, 5) is 29.0. The van der Waals surface area contributed by atoms with Crippen LogP contribution in [0.2, 0.25) is 0 Å². The van der Waals surface area contributed by atoms with Crippen LogP contribution in [0.25, 0.3) is 0 Å². The highest BCUT2D eigenvalue weighted by molar-refractivity contribution is 7.92. The van der Waals surface area contributed by atoms with Crippen molar-refractivity contribution in [3.05, 3.63) is 114 Å². The third-order valence-corrected chi connectivity index (χ3v) is 8.19. The summed E-state index contributed by atoms with van der Waals surface area (Å²) in [5.41, 5.74) is 1.08. The second-order valence-electron chi connectivity index (χ2n) is 9.71. The monoisotopic (exact) mass is 606 g/mol. The number of piperazine rings is 1. The van der Waals surface area contributed by atoms with Crippen LogP contribution in [0.4, 0.5) is 20.2 Å². The Hall–Kier alpha value is -4.97. The normalized spacial score (nSPS) is 13.3. The zero-order valence-electron chi connectivity index (χ0n) is 22.9. The van der Waals surface area contributed by atoms with Crippen LogP contribution in [-0.4, -0.2) is 57.9 Å². The molecule has 0 aliphatic carbocycles. The summed E-state index contributed by atoms with van der Waals surface area (Å²) in [5.74, 6) is -1.71. The number of ether oxygens (including phenoxy) is 1. The van der Waals surface area contributed by atoms with Gasteiger partial charge in [-0.2, -0.15) is 0 Å². The SMILES string of the molecule is O=C(NCC(=O)N1CCN(c2ccccc2)CC1)c1ccc(S(=O)(=O)Nc2cc(F)ccc2Oc2ccc(F)cc2)cc1. The second kappa shape index (κ2) is 12.9. The molecule has 1 heterocycles. The maximum absolute atomic E-state index is 14.0. The van der Waals surface area contributed by atoms with Gasteiger partial charge in [0.1, 0.15) is 17.4 Å². The van der Waals surface area contributed by atoms with E-state index in [0.717, 1.165) is 17.8 Å². The minimum atomic E-state index is -4.21. The van der Waals surface area contributed by atoms with Gasteiger partial charge in [-0.1, -0.05) is 18.2 Å². The molecular formula is C31H28F2N4O5S. The number of nitrogens with one attached hydrogen (secondary N) is 2. The van der Waals surface area contributed by atoms with Crippen molar-refractivity contribution in [3.8, 4) is 11.5 Å². The number of sulfonamides is 1. The number of hydrogen-bond donors (Lipinski definition) is 2. The number of anilines is 2. The lowest BCUT2D eigenvalue weighted by Crippen LogP contribution is -2.51. The van der Waals surface area contributed by atoms with Crippen molar-refractivity contribution in [3.63, 3.8) is 0 Å². The van der Waals surface area contributed by atoms with Gasteiger partial charge < -0.3 is 19.9 Å². The number of halogens is 2. The van der Waals surface area contributed by atoms with Gasteiger partial charge in [-0.3, -0.25) is 14.3 Å². The molecule has 12 heteroatoms.